The molecular weight excluding hydrogens is 348 g/mol. The smallest absolute Gasteiger partial charge is 0.321 e. The summed E-state index contributed by atoms with van der Waals surface area (Å²) >= 11 is 9.23. The number of urea groups is 1. The minimum Gasteiger partial charge on any atom is -0.481 e. The summed E-state index contributed by atoms with van der Waals surface area (Å²) in [4.78, 5) is 24.6. The molecule has 0 saturated carbocycles. The van der Waals surface area contributed by atoms with Crippen molar-refractivity contribution in [3.63, 3.8) is 0 Å². The molecule has 1 fully saturated rings. The molecule has 0 radical (unpaired) electrons. The monoisotopic (exact) mass is 360 g/mol. The topological polar surface area (TPSA) is 69.6 Å². The molecule has 0 spiro atoms. The van der Waals surface area contributed by atoms with Gasteiger partial charge in [-0.1, -0.05) is 11.6 Å². The molecule has 0 aliphatic carbocycles. The van der Waals surface area contributed by atoms with E-state index >= 15 is 0 Å². The second-order valence-electron chi connectivity index (χ2n) is 4.65. The average molecular weight is 362 g/mol. The molecule has 2 rings (SSSR count). The maximum Gasteiger partial charge on any atom is 0.321 e. The summed E-state index contributed by atoms with van der Waals surface area (Å²) in [6, 6.07) is 4.90. The third-order valence-corrected chi connectivity index (χ3v) is 4.23. The van der Waals surface area contributed by atoms with E-state index in [2.05, 4.69) is 21.2 Å². The molecule has 0 bridgehead atoms. The molecular formula is C13H14BrClN2O3. The summed E-state index contributed by atoms with van der Waals surface area (Å²) in [5, 5.41) is 12.2. The van der Waals surface area contributed by atoms with Crippen molar-refractivity contribution in [2.45, 2.75) is 12.8 Å². The number of hydrogen-bond donors (Lipinski definition) is 2. The predicted octanol–water partition coefficient (Wildman–Crippen LogP) is 3.43. The molecule has 0 unspecified atom stereocenters. The number of halogens is 2. The largest absolute Gasteiger partial charge is 0.481 e. The number of benzene rings is 1. The molecule has 0 aromatic heterocycles. The van der Waals surface area contributed by atoms with Gasteiger partial charge in [-0.05, 0) is 47.0 Å². The Morgan fingerprint density at radius 1 is 1.35 bits per heavy atom. The van der Waals surface area contributed by atoms with Crippen molar-refractivity contribution in [1.82, 2.24) is 4.90 Å². The first-order valence-electron chi connectivity index (χ1n) is 6.21. The van der Waals surface area contributed by atoms with Gasteiger partial charge in [0.2, 0.25) is 0 Å². The predicted molar refractivity (Wildman–Crippen MR) is 80.1 cm³/mol. The molecule has 7 heteroatoms. The minimum atomic E-state index is -0.789. The number of carboxylic acid groups (broad SMARTS) is 1. The lowest BCUT2D eigenvalue weighted by Gasteiger charge is -2.30. The van der Waals surface area contributed by atoms with Crippen LogP contribution in [0.4, 0.5) is 10.5 Å². The number of nitrogens with zero attached hydrogens (tertiary/aromatic N) is 1. The second kappa shape index (κ2) is 6.45. The van der Waals surface area contributed by atoms with Crippen LogP contribution in [0.2, 0.25) is 5.02 Å². The van der Waals surface area contributed by atoms with Crippen LogP contribution in [0.3, 0.4) is 0 Å². The van der Waals surface area contributed by atoms with Gasteiger partial charge in [-0.2, -0.15) is 0 Å². The standard InChI is InChI=1S/C13H14BrClN2O3/c14-10-2-1-9(15)7-11(10)16-13(20)17-5-3-8(4-6-17)12(18)19/h1-2,7-8H,3-6H2,(H,16,20)(H,18,19). The Balaban J connectivity index is 1.96. The van der Waals surface area contributed by atoms with Gasteiger partial charge in [-0.15, -0.1) is 0 Å². The third-order valence-electron chi connectivity index (χ3n) is 3.30. The van der Waals surface area contributed by atoms with E-state index in [1.807, 2.05) is 0 Å². The molecule has 2 amide bonds. The van der Waals surface area contributed by atoms with Crippen LogP contribution in [0.1, 0.15) is 12.8 Å². The van der Waals surface area contributed by atoms with Gasteiger partial charge >= 0.3 is 12.0 Å². The van der Waals surface area contributed by atoms with Gasteiger partial charge in [0.15, 0.2) is 0 Å². The first kappa shape index (κ1) is 15.1. The number of hydrogen-bond acceptors (Lipinski definition) is 2. The van der Waals surface area contributed by atoms with Crippen LogP contribution >= 0.6 is 27.5 Å². The first-order valence-corrected chi connectivity index (χ1v) is 7.38. The summed E-state index contributed by atoms with van der Waals surface area (Å²) in [5.41, 5.74) is 0.600. The normalized spacial score (nSPS) is 16.0. The zero-order valence-corrected chi connectivity index (χ0v) is 12.9. The highest BCUT2D eigenvalue weighted by molar-refractivity contribution is 9.10. The number of piperidine rings is 1. The molecule has 2 N–H and O–H groups in total. The van der Waals surface area contributed by atoms with Gasteiger partial charge in [-0.25, -0.2) is 4.79 Å². The van der Waals surface area contributed by atoms with Crippen molar-refractivity contribution in [1.29, 1.82) is 0 Å². The van der Waals surface area contributed by atoms with Crippen LogP contribution in [0.5, 0.6) is 0 Å². The Morgan fingerprint density at radius 2 is 2.00 bits per heavy atom. The number of carboxylic acids is 1. The number of amides is 2. The number of carbonyl (C=O) groups is 2. The van der Waals surface area contributed by atoms with Crippen LogP contribution in [0.25, 0.3) is 0 Å². The van der Waals surface area contributed by atoms with E-state index in [4.69, 9.17) is 16.7 Å². The lowest BCUT2D eigenvalue weighted by molar-refractivity contribution is -0.143. The molecule has 5 nitrogen and oxygen atoms in total. The van der Waals surface area contributed by atoms with Crippen molar-refractivity contribution < 1.29 is 14.7 Å². The average Bonchev–Trinajstić information content (AvgIpc) is 2.43. The van der Waals surface area contributed by atoms with Gasteiger partial charge in [0.1, 0.15) is 0 Å². The van der Waals surface area contributed by atoms with E-state index in [-0.39, 0.29) is 11.9 Å². The maximum atomic E-state index is 12.1. The van der Waals surface area contributed by atoms with E-state index in [9.17, 15) is 9.59 Å². The molecule has 1 aliphatic heterocycles. The number of nitrogens with one attached hydrogen (secondary N) is 1. The van der Waals surface area contributed by atoms with E-state index in [0.717, 1.165) is 4.47 Å². The lowest BCUT2D eigenvalue weighted by Crippen LogP contribution is -2.42. The highest BCUT2D eigenvalue weighted by Crippen LogP contribution is 2.26. The molecule has 1 heterocycles. The summed E-state index contributed by atoms with van der Waals surface area (Å²) < 4.78 is 0.746. The lowest BCUT2D eigenvalue weighted by atomic mass is 9.97. The van der Waals surface area contributed by atoms with Crippen molar-refractivity contribution in [3.05, 3.63) is 27.7 Å². The zero-order chi connectivity index (χ0) is 14.7. The fraction of sp³-hybridized carbons (Fsp3) is 0.385. The van der Waals surface area contributed by atoms with Gasteiger partial charge in [0.25, 0.3) is 0 Å². The van der Waals surface area contributed by atoms with Crippen molar-refractivity contribution in [3.8, 4) is 0 Å². The van der Waals surface area contributed by atoms with Crippen LogP contribution in [-0.2, 0) is 4.79 Å². The van der Waals surface area contributed by atoms with Crippen LogP contribution in [0, 0.1) is 5.92 Å². The molecule has 1 aliphatic rings. The molecule has 1 aromatic rings. The van der Waals surface area contributed by atoms with Crippen LogP contribution in [0.15, 0.2) is 22.7 Å². The molecule has 1 aromatic carbocycles. The van der Waals surface area contributed by atoms with Gasteiger partial charge in [0.05, 0.1) is 11.6 Å². The molecule has 1 saturated heterocycles. The highest BCUT2D eigenvalue weighted by atomic mass is 79.9. The van der Waals surface area contributed by atoms with Gasteiger partial charge in [-0.3, -0.25) is 4.79 Å². The Bertz CT molecular complexity index is 530. The summed E-state index contributed by atoms with van der Waals surface area (Å²) in [5.74, 6) is -1.14. The molecule has 108 valence electrons. The summed E-state index contributed by atoms with van der Waals surface area (Å²) in [6.07, 6.45) is 0.971. The van der Waals surface area contributed by atoms with Crippen LogP contribution < -0.4 is 5.32 Å². The first-order chi connectivity index (χ1) is 9.47. The van der Waals surface area contributed by atoms with E-state index in [0.29, 0.717) is 36.6 Å². The highest BCUT2D eigenvalue weighted by Gasteiger charge is 2.27. The minimum absolute atomic E-state index is 0.239. The molecule has 20 heavy (non-hydrogen) atoms. The van der Waals surface area contributed by atoms with Crippen LogP contribution in [-0.4, -0.2) is 35.1 Å². The van der Waals surface area contributed by atoms with E-state index < -0.39 is 5.97 Å². The quantitative estimate of drug-likeness (QED) is 0.848. The number of aliphatic carboxylic acids is 1. The van der Waals surface area contributed by atoms with Crippen molar-refractivity contribution in [2.24, 2.45) is 5.92 Å². The number of carbonyl (C=O) groups excluding carboxylic acids is 1. The fourth-order valence-electron chi connectivity index (χ4n) is 2.12. The zero-order valence-electron chi connectivity index (χ0n) is 10.6. The Morgan fingerprint density at radius 3 is 2.60 bits per heavy atom. The number of anilines is 1. The van der Waals surface area contributed by atoms with Crippen molar-refractivity contribution in [2.75, 3.05) is 18.4 Å². The Hall–Kier alpha value is -1.27. The Labute approximate surface area is 130 Å². The summed E-state index contributed by atoms with van der Waals surface area (Å²) in [7, 11) is 0. The maximum absolute atomic E-state index is 12.1. The van der Waals surface area contributed by atoms with Gasteiger partial charge in [0, 0.05) is 22.6 Å². The van der Waals surface area contributed by atoms with E-state index in [1.54, 1.807) is 23.1 Å². The SMILES string of the molecule is O=C(O)C1CCN(C(=O)Nc2cc(Cl)ccc2Br)CC1. The molecule has 0 atom stereocenters. The Kier molecular flexibility index (Phi) is 4.88. The van der Waals surface area contributed by atoms with Gasteiger partial charge < -0.3 is 15.3 Å². The third kappa shape index (κ3) is 3.64. The number of likely N-dealkylation sites (tertiary alicyclic amines) is 1. The number of rotatable bonds is 2. The summed E-state index contributed by atoms with van der Waals surface area (Å²) in [6.45, 7) is 0.891. The van der Waals surface area contributed by atoms with Crippen molar-refractivity contribution >= 4 is 45.2 Å². The second-order valence-corrected chi connectivity index (χ2v) is 5.94. The van der Waals surface area contributed by atoms with E-state index in [1.165, 1.54) is 0 Å². The fourth-order valence-corrected chi connectivity index (χ4v) is 2.63.